The quantitative estimate of drug-likeness (QED) is 0.494. The van der Waals surface area contributed by atoms with Crippen molar-refractivity contribution in [1.29, 1.82) is 0 Å². The molecule has 1 heteroatoms. The predicted molar refractivity (Wildman–Crippen MR) is 63.8 cm³/mol. The topological polar surface area (TPSA) is 0 Å². The maximum Gasteiger partial charge on any atom is 0.0388 e. The van der Waals surface area contributed by atoms with Crippen molar-refractivity contribution in [3.05, 3.63) is 52.7 Å². The summed E-state index contributed by atoms with van der Waals surface area (Å²) in [5.74, 6) is 0. The van der Waals surface area contributed by atoms with Gasteiger partial charge in [-0.15, -0.1) is 0 Å². The molecule has 0 saturated heterocycles. The summed E-state index contributed by atoms with van der Waals surface area (Å²) in [6.45, 7) is 4.26. The van der Waals surface area contributed by atoms with E-state index >= 15 is 0 Å². The predicted octanol–water partition coefficient (Wildman–Crippen LogP) is 2.36. The molecule has 0 heterocycles. The Morgan fingerprint density at radius 2 is 1.85 bits per heavy atom. The second kappa shape index (κ2) is 4.82. The van der Waals surface area contributed by atoms with Crippen LogP contribution in [0, 0.1) is 0 Å². The number of rotatable bonds is 2. The van der Waals surface area contributed by atoms with Gasteiger partial charge in [0.2, 0.25) is 0 Å². The second-order valence-electron chi connectivity index (χ2n) is 3.21. The summed E-state index contributed by atoms with van der Waals surface area (Å²) in [7, 11) is 1.11. The van der Waals surface area contributed by atoms with Crippen molar-refractivity contribution < 1.29 is 0 Å². The molecule has 0 aliphatic carbocycles. The van der Waals surface area contributed by atoms with Crippen molar-refractivity contribution in [3.63, 3.8) is 0 Å². The van der Waals surface area contributed by atoms with Gasteiger partial charge in [0.25, 0.3) is 0 Å². The average Bonchev–Trinajstić information content (AvgIpc) is 2.18. The van der Waals surface area contributed by atoms with Crippen molar-refractivity contribution in [1.82, 2.24) is 0 Å². The molecule has 68 valence electrons. The molecule has 0 atom stereocenters. The number of hydrogen-bond donors (Lipinski definition) is 0. The van der Waals surface area contributed by atoms with E-state index in [0.717, 1.165) is 10.2 Å². The molecule has 0 aromatic heterocycles. The molecule has 0 fully saturated rings. The number of allylic oxidation sites excluding steroid dienone is 3. The third kappa shape index (κ3) is 3.03. The second-order valence-corrected chi connectivity index (χ2v) is 4.29. The average molecular weight is 188 g/mol. The van der Waals surface area contributed by atoms with E-state index in [1.165, 1.54) is 16.3 Å². The van der Waals surface area contributed by atoms with Crippen molar-refractivity contribution in [2.24, 2.45) is 0 Å². The van der Waals surface area contributed by atoms with E-state index in [1.54, 1.807) is 0 Å². The Bertz CT molecular complexity index is 320. The molecule has 0 aliphatic rings. The van der Waals surface area contributed by atoms with E-state index in [-0.39, 0.29) is 0 Å². The van der Waals surface area contributed by atoms with Gasteiger partial charge in [0, 0.05) is 10.2 Å². The first kappa shape index (κ1) is 10.0. The molecular formula is C12H16Si. The number of benzene rings is 1. The van der Waals surface area contributed by atoms with Gasteiger partial charge < -0.3 is 0 Å². The van der Waals surface area contributed by atoms with Crippen LogP contribution in [-0.2, 0) is 0 Å². The lowest BCUT2D eigenvalue weighted by atomic mass is 10.1. The molecule has 0 saturated carbocycles. The summed E-state index contributed by atoms with van der Waals surface area (Å²) < 4.78 is 0. The Labute approximate surface area is 83.4 Å². The molecule has 0 spiro atoms. The molecule has 0 amide bonds. The van der Waals surface area contributed by atoms with E-state index in [1.807, 2.05) is 6.07 Å². The highest BCUT2D eigenvalue weighted by molar-refractivity contribution is 6.26. The van der Waals surface area contributed by atoms with Gasteiger partial charge >= 0.3 is 0 Å². The maximum atomic E-state index is 2.27. The van der Waals surface area contributed by atoms with Crippen LogP contribution in [0.1, 0.15) is 19.4 Å². The summed E-state index contributed by atoms with van der Waals surface area (Å²) in [5.41, 5.74) is 2.70. The van der Waals surface area contributed by atoms with Gasteiger partial charge in [-0.2, -0.15) is 0 Å². The van der Waals surface area contributed by atoms with E-state index in [2.05, 4.69) is 50.3 Å². The van der Waals surface area contributed by atoms with Crippen molar-refractivity contribution in [2.75, 3.05) is 0 Å². The highest BCUT2D eigenvalue weighted by Crippen LogP contribution is 2.10. The Kier molecular flexibility index (Phi) is 3.71. The molecule has 0 radical (unpaired) electrons. The van der Waals surface area contributed by atoms with E-state index in [0.29, 0.717) is 0 Å². The zero-order valence-electron chi connectivity index (χ0n) is 8.54. The van der Waals surface area contributed by atoms with E-state index in [4.69, 9.17) is 0 Å². The fourth-order valence-electron chi connectivity index (χ4n) is 1.14. The van der Waals surface area contributed by atoms with Crippen LogP contribution in [0.5, 0.6) is 0 Å². The zero-order chi connectivity index (χ0) is 9.68. The molecule has 0 aliphatic heterocycles. The summed E-state index contributed by atoms with van der Waals surface area (Å²) >= 11 is 0. The Morgan fingerprint density at radius 3 is 2.38 bits per heavy atom. The lowest BCUT2D eigenvalue weighted by Crippen LogP contribution is -1.83. The normalized spacial score (nSPS) is 13.4. The van der Waals surface area contributed by atoms with E-state index in [9.17, 15) is 0 Å². The third-order valence-electron chi connectivity index (χ3n) is 2.24. The Balaban J connectivity index is 2.89. The van der Waals surface area contributed by atoms with Crippen LogP contribution in [0.15, 0.2) is 47.2 Å². The first-order chi connectivity index (χ1) is 6.24. The minimum atomic E-state index is 1.11. The highest BCUT2D eigenvalue weighted by atomic mass is 28.1. The Hall–Kier alpha value is -1.08. The molecule has 0 nitrogen and oxygen atoms in total. The van der Waals surface area contributed by atoms with Gasteiger partial charge in [0.1, 0.15) is 0 Å². The monoisotopic (exact) mass is 188 g/mol. The number of hydrogen-bond acceptors (Lipinski definition) is 0. The summed E-state index contributed by atoms with van der Waals surface area (Å²) in [4.78, 5) is 0. The minimum Gasteiger partial charge on any atom is -0.0849 e. The molecule has 0 N–H and O–H groups in total. The van der Waals surface area contributed by atoms with Crippen LogP contribution in [0.2, 0.25) is 0 Å². The van der Waals surface area contributed by atoms with Gasteiger partial charge in [-0.3, -0.25) is 0 Å². The first-order valence-corrected chi connectivity index (χ1v) is 5.60. The smallest absolute Gasteiger partial charge is 0.0388 e. The molecule has 1 aromatic rings. The highest BCUT2D eigenvalue weighted by Gasteiger charge is 1.91. The fraction of sp³-hybridized carbons (Fsp3) is 0.167. The van der Waals surface area contributed by atoms with Crippen molar-refractivity contribution in [2.45, 2.75) is 13.8 Å². The van der Waals surface area contributed by atoms with Crippen molar-refractivity contribution in [3.8, 4) is 0 Å². The fourth-order valence-corrected chi connectivity index (χ4v) is 1.76. The maximum absolute atomic E-state index is 2.27. The summed E-state index contributed by atoms with van der Waals surface area (Å²) in [5, 5.41) is 1.47. The van der Waals surface area contributed by atoms with Crippen LogP contribution in [0.25, 0.3) is 6.08 Å². The first-order valence-electron chi connectivity index (χ1n) is 4.60. The molecule has 1 rings (SSSR count). The van der Waals surface area contributed by atoms with Crippen LogP contribution in [0.4, 0.5) is 0 Å². The van der Waals surface area contributed by atoms with Crippen molar-refractivity contribution >= 4 is 16.3 Å². The lowest BCUT2D eigenvalue weighted by molar-refractivity contribution is 1.46. The SMILES string of the molecule is CC=C(C)C([SiH3])=Cc1ccccc1. The summed E-state index contributed by atoms with van der Waals surface area (Å²) in [6.07, 6.45) is 4.43. The van der Waals surface area contributed by atoms with Gasteiger partial charge in [-0.05, 0) is 19.4 Å². The van der Waals surface area contributed by atoms with Crippen LogP contribution in [-0.4, -0.2) is 10.2 Å². The minimum absolute atomic E-state index is 1.11. The molecule has 13 heavy (non-hydrogen) atoms. The van der Waals surface area contributed by atoms with Crippen LogP contribution < -0.4 is 0 Å². The largest absolute Gasteiger partial charge is 0.0849 e. The molecular weight excluding hydrogens is 172 g/mol. The third-order valence-corrected chi connectivity index (χ3v) is 3.32. The molecule has 1 aromatic carbocycles. The Morgan fingerprint density at radius 1 is 1.23 bits per heavy atom. The van der Waals surface area contributed by atoms with Crippen LogP contribution >= 0.6 is 0 Å². The van der Waals surface area contributed by atoms with Gasteiger partial charge in [-0.1, -0.05) is 53.3 Å². The molecule has 0 bridgehead atoms. The molecule has 0 unspecified atom stereocenters. The van der Waals surface area contributed by atoms with Crippen LogP contribution in [0.3, 0.4) is 0 Å². The standard InChI is InChI=1S/C12H16Si/c1-3-10(2)12(13)9-11-7-5-4-6-8-11/h3-9H,1-2,13H3. The van der Waals surface area contributed by atoms with Gasteiger partial charge in [-0.25, -0.2) is 0 Å². The summed E-state index contributed by atoms with van der Waals surface area (Å²) in [6, 6.07) is 10.5. The lowest BCUT2D eigenvalue weighted by Gasteiger charge is -2.00. The zero-order valence-corrected chi connectivity index (χ0v) is 10.5. The van der Waals surface area contributed by atoms with E-state index < -0.39 is 0 Å². The van der Waals surface area contributed by atoms with Gasteiger partial charge in [0.15, 0.2) is 0 Å². The van der Waals surface area contributed by atoms with Gasteiger partial charge in [0.05, 0.1) is 0 Å².